The molecule has 0 bridgehead atoms. The average molecular weight is 395 g/mol. The van der Waals surface area contributed by atoms with Crippen LogP contribution in [0.15, 0.2) is 18.2 Å². The maximum Gasteiger partial charge on any atom is 0.224 e. The van der Waals surface area contributed by atoms with E-state index in [0.717, 1.165) is 42.1 Å². The largest absolute Gasteiger partial charge is 0.352 e. The zero-order valence-electron chi connectivity index (χ0n) is 15.3. The van der Waals surface area contributed by atoms with E-state index < -0.39 is 0 Å². The van der Waals surface area contributed by atoms with E-state index in [-0.39, 0.29) is 11.9 Å². The number of hydrogen-bond donors (Lipinski definition) is 2. The molecular weight excluding hydrogens is 371 g/mol. The van der Waals surface area contributed by atoms with Crippen LogP contribution >= 0.6 is 23.2 Å². The van der Waals surface area contributed by atoms with E-state index in [9.17, 15) is 4.79 Å². The summed E-state index contributed by atoms with van der Waals surface area (Å²) in [6, 6.07) is 5.49. The van der Waals surface area contributed by atoms with Crippen molar-refractivity contribution in [2.75, 3.05) is 13.1 Å². The van der Waals surface area contributed by atoms with E-state index in [0.29, 0.717) is 22.4 Å². The van der Waals surface area contributed by atoms with Crippen LogP contribution in [-0.2, 0) is 11.2 Å². The summed E-state index contributed by atoms with van der Waals surface area (Å²) in [5.41, 5.74) is 3.44. The maximum absolute atomic E-state index is 12.6. The van der Waals surface area contributed by atoms with Gasteiger partial charge in [0.15, 0.2) is 0 Å². The lowest BCUT2D eigenvalue weighted by molar-refractivity contribution is -0.121. The predicted molar refractivity (Wildman–Crippen MR) is 105 cm³/mol. The van der Waals surface area contributed by atoms with Crippen LogP contribution in [0.1, 0.15) is 30.3 Å². The molecule has 0 aliphatic carbocycles. The molecule has 140 valence electrons. The fourth-order valence-electron chi connectivity index (χ4n) is 3.42. The van der Waals surface area contributed by atoms with E-state index in [1.165, 1.54) is 0 Å². The number of aromatic nitrogens is 2. The van der Waals surface area contributed by atoms with Gasteiger partial charge in [0.05, 0.1) is 22.8 Å². The van der Waals surface area contributed by atoms with Crippen LogP contribution in [0.4, 0.5) is 0 Å². The van der Waals surface area contributed by atoms with Crippen molar-refractivity contribution in [3.63, 3.8) is 0 Å². The van der Waals surface area contributed by atoms with Crippen LogP contribution < -0.4 is 10.6 Å². The van der Waals surface area contributed by atoms with E-state index in [1.54, 1.807) is 16.8 Å². The molecule has 7 heteroatoms. The van der Waals surface area contributed by atoms with Crippen LogP contribution in [0.3, 0.4) is 0 Å². The number of halogens is 2. The quantitative estimate of drug-likeness (QED) is 0.834. The molecule has 2 heterocycles. The molecule has 1 saturated heterocycles. The zero-order valence-corrected chi connectivity index (χ0v) is 16.8. The van der Waals surface area contributed by atoms with Crippen molar-refractivity contribution in [1.82, 2.24) is 20.4 Å². The molecule has 3 rings (SSSR count). The third kappa shape index (κ3) is 4.05. The summed E-state index contributed by atoms with van der Waals surface area (Å²) < 4.78 is 1.78. The Morgan fingerprint density at radius 1 is 1.38 bits per heavy atom. The van der Waals surface area contributed by atoms with Gasteiger partial charge in [-0.25, -0.2) is 4.68 Å². The minimum atomic E-state index is 0.0264. The molecule has 2 N–H and O–H groups in total. The van der Waals surface area contributed by atoms with Gasteiger partial charge in [0, 0.05) is 28.9 Å². The molecular formula is C19H24Cl2N4O. The summed E-state index contributed by atoms with van der Waals surface area (Å²) >= 11 is 12.3. The number of hydrogen-bond acceptors (Lipinski definition) is 3. The fraction of sp³-hybridized carbons (Fsp3) is 0.474. The van der Waals surface area contributed by atoms with Crippen molar-refractivity contribution < 1.29 is 4.79 Å². The highest BCUT2D eigenvalue weighted by Gasteiger charge is 2.24. The molecule has 1 amide bonds. The standard InChI is InChI=1S/C19H24Cl2N4O/c1-11-6-7-22-10-17(11)23-19(26)9-15-12(2)24-25(13(15)3)18-5-4-14(20)8-16(18)21/h4-5,8,11,17,22H,6-7,9-10H2,1-3H3,(H,23,26). The van der Waals surface area contributed by atoms with Gasteiger partial charge in [0.2, 0.25) is 5.91 Å². The van der Waals surface area contributed by atoms with Gasteiger partial charge >= 0.3 is 0 Å². The van der Waals surface area contributed by atoms with Gasteiger partial charge in [-0.3, -0.25) is 4.79 Å². The highest BCUT2D eigenvalue weighted by atomic mass is 35.5. The van der Waals surface area contributed by atoms with Crippen LogP contribution in [-0.4, -0.2) is 34.8 Å². The van der Waals surface area contributed by atoms with Crippen LogP contribution in [0.5, 0.6) is 0 Å². The van der Waals surface area contributed by atoms with Gasteiger partial charge < -0.3 is 10.6 Å². The molecule has 1 fully saturated rings. The molecule has 1 aromatic carbocycles. The normalized spacial score (nSPS) is 20.2. The number of benzene rings is 1. The lowest BCUT2D eigenvalue weighted by atomic mass is 9.94. The van der Waals surface area contributed by atoms with E-state index in [1.807, 2.05) is 19.9 Å². The number of aryl methyl sites for hydroxylation is 1. The van der Waals surface area contributed by atoms with Crippen LogP contribution in [0.2, 0.25) is 10.0 Å². The summed E-state index contributed by atoms with van der Waals surface area (Å²) in [5.74, 6) is 0.511. The number of rotatable bonds is 4. The third-order valence-electron chi connectivity index (χ3n) is 5.09. The van der Waals surface area contributed by atoms with E-state index >= 15 is 0 Å². The topological polar surface area (TPSA) is 59.0 Å². The second kappa shape index (κ2) is 7.99. The van der Waals surface area contributed by atoms with Gasteiger partial charge in [-0.1, -0.05) is 30.1 Å². The molecule has 0 spiro atoms. The first-order valence-electron chi connectivity index (χ1n) is 8.87. The molecule has 1 aliphatic heterocycles. The summed E-state index contributed by atoms with van der Waals surface area (Å²) in [6.45, 7) is 7.90. The zero-order chi connectivity index (χ0) is 18.8. The van der Waals surface area contributed by atoms with Crippen molar-refractivity contribution in [3.8, 4) is 5.69 Å². The molecule has 0 radical (unpaired) electrons. The highest BCUT2D eigenvalue weighted by Crippen LogP contribution is 2.27. The first-order valence-corrected chi connectivity index (χ1v) is 9.63. The maximum atomic E-state index is 12.6. The molecule has 2 atom stereocenters. The smallest absolute Gasteiger partial charge is 0.224 e. The second-order valence-electron chi connectivity index (χ2n) is 6.98. The number of piperidine rings is 1. The first kappa shape index (κ1) is 19.2. The summed E-state index contributed by atoms with van der Waals surface area (Å²) in [6.07, 6.45) is 1.39. The Balaban J connectivity index is 1.78. The molecule has 26 heavy (non-hydrogen) atoms. The Labute approximate surface area is 164 Å². The molecule has 0 saturated carbocycles. The molecule has 1 aromatic heterocycles. The highest BCUT2D eigenvalue weighted by molar-refractivity contribution is 6.35. The lowest BCUT2D eigenvalue weighted by Gasteiger charge is -2.30. The van der Waals surface area contributed by atoms with Crippen molar-refractivity contribution in [3.05, 3.63) is 45.2 Å². The molecule has 2 unspecified atom stereocenters. The van der Waals surface area contributed by atoms with Crippen LogP contribution in [0, 0.1) is 19.8 Å². The molecule has 1 aliphatic rings. The van der Waals surface area contributed by atoms with Crippen LogP contribution in [0.25, 0.3) is 5.69 Å². The predicted octanol–water partition coefficient (Wildman–Crippen LogP) is 3.45. The Kier molecular flexibility index (Phi) is 5.90. The number of carbonyl (C=O) groups excluding carboxylic acids is 1. The number of nitrogens with zero attached hydrogens (tertiary/aromatic N) is 2. The fourth-order valence-corrected chi connectivity index (χ4v) is 3.91. The Morgan fingerprint density at radius 3 is 2.85 bits per heavy atom. The number of carbonyl (C=O) groups is 1. The van der Waals surface area contributed by atoms with Crippen molar-refractivity contribution in [2.45, 2.75) is 39.7 Å². The van der Waals surface area contributed by atoms with Gasteiger partial charge in [-0.2, -0.15) is 5.10 Å². The number of amides is 1. The van der Waals surface area contributed by atoms with Gasteiger partial charge in [0.1, 0.15) is 0 Å². The molecule has 2 aromatic rings. The Morgan fingerprint density at radius 2 is 2.15 bits per heavy atom. The Hall–Kier alpha value is -1.56. The minimum absolute atomic E-state index is 0.0264. The number of nitrogens with one attached hydrogen (secondary N) is 2. The second-order valence-corrected chi connectivity index (χ2v) is 7.82. The van der Waals surface area contributed by atoms with Crippen molar-refractivity contribution in [1.29, 1.82) is 0 Å². The van der Waals surface area contributed by atoms with E-state index in [2.05, 4.69) is 22.7 Å². The van der Waals surface area contributed by atoms with Gasteiger partial charge in [0.25, 0.3) is 0 Å². The summed E-state index contributed by atoms with van der Waals surface area (Å²) in [7, 11) is 0. The minimum Gasteiger partial charge on any atom is -0.352 e. The lowest BCUT2D eigenvalue weighted by Crippen LogP contribution is -2.50. The van der Waals surface area contributed by atoms with Gasteiger partial charge in [-0.15, -0.1) is 0 Å². The molecule has 5 nitrogen and oxygen atoms in total. The van der Waals surface area contributed by atoms with Crippen molar-refractivity contribution in [2.24, 2.45) is 5.92 Å². The Bertz CT molecular complexity index is 818. The van der Waals surface area contributed by atoms with Crippen molar-refractivity contribution >= 4 is 29.1 Å². The SMILES string of the molecule is Cc1nn(-c2ccc(Cl)cc2Cl)c(C)c1CC(=O)NC1CNCCC1C. The van der Waals surface area contributed by atoms with E-state index in [4.69, 9.17) is 23.2 Å². The first-order chi connectivity index (χ1) is 12.4. The van der Waals surface area contributed by atoms with Gasteiger partial charge in [-0.05, 0) is 50.9 Å². The third-order valence-corrected chi connectivity index (χ3v) is 5.63. The average Bonchev–Trinajstić information content (AvgIpc) is 2.85. The summed E-state index contributed by atoms with van der Waals surface area (Å²) in [5, 5.41) is 12.2. The summed E-state index contributed by atoms with van der Waals surface area (Å²) in [4.78, 5) is 12.6. The monoisotopic (exact) mass is 394 g/mol.